The zero-order valence-corrected chi connectivity index (χ0v) is 10.8. The van der Waals surface area contributed by atoms with Crippen molar-refractivity contribution >= 4 is 12.0 Å². The fraction of sp³-hybridized carbons (Fsp3) is 0.833. The number of carbonyl (C=O) groups excluding carboxylic acids is 1. The summed E-state index contributed by atoms with van der Waals surface area (Å²) in [5, 5.41) is 20.2. The van der Waals surface area contributed by atoms with Gasteiger partial charge in [0.15, 0.2) is 6.10 Å². The lowest BCUT2D eigenvalue weighted by atomic mass is 10.0. The molecule has 0 aromatic carbocycles. The maximum absolute atomic E-state index is 11.7. The van der Waals surface area contributed by atoms with Gasteiger partial charge < -0.3 is 20.4 Å². The zero-order valence-electron chi connectivity index (χ0n) is 10.8. The Morgan fingerprint density at radius 3 is 2.83 bits per heavy atom. The van der Waals surface area contributed by atoms with E-state index < -0.39 is 12.1 Å². The van der Waals surface area contributed by atoms with Gasteiger partial charge in [-0.15, -0.1) is 0 Å². The summed E-state index contributed by atoms with van der Waals surface area (Å²) < 4.78 is 0. The van der Waals surface area contributed by atoms with E-state index in [0.29, 0.717) is 5.92 Å². The predicted octanol–water partition coefficient (Wildman–Crippen LogP) is 0.654. The highest BCUT2D eigenvalue weighted by molar-refractivity contribution is 5.75. The molecule has 0 saturated carbocycles. The third kappa shape index (κ3) is 4.52. The summed E-state index contributed by atoms with van der Waals surface area (Å²) in [4.78, 5) is 23.9. The van der Waals surface area contributed by atoms with E-state index in [4.69, 9.17) is 10.2 Å². The van der Waals surface area contributed by atoms with Gasteiger partial charge in [-0.1, -0.05) is 13.3 Å². The van der Waals surface area contributed by atoms with Crippen LogP contribution in [0.2, 0.25) is 0 Å². The Kier molecular flexibility index (Phi) is 5.91. The highest BCUT2D eigenvalue weighted by Crippen LogP contribution is 2.20. The van der Waals surface area contributed by atoms with Crippen LogP contribution in [0.5, 0.6) is 0 Å². The van der Waals surface area contributed by atoms with Crippen LogP contribution in [0.1, 0.15) is 32.6 Å². The van der Waals surface area contributed by atoms with Gasteiger partial charge in [0.25, 0.3) is 0 Å². The standard InChI is InChI=1S/C12H22N2O4/c1-2-3-9-5-7-14(8-9)12(18)13-6-4-10(15)11(16)17/h9-10,15H,2-8H2,1H3,(H,13,18)(H,16,17)/t9?,10-/m0/s1. The maximum atomic E-state index is 11.7. The van der Waals surface area contributed by atoms with Crippen molar-refractivity contribution in [3.05, 3.63) is 0 Å². The molecule has 0 bridgehead atoms. The molecular formula is C12H22N2O4. The number of carboxylic acid groups (broad SMARTS) is 1. The molecule has 1 aliphatic heterocycles. The van der Waals surface area contributed by atoms with Crippen LogP contribution in [0.3, 0.4) is 0 Å². The largest absolute Gasteiger partial charge is 0.479 e. The van der Waals surface area contributed by atoms with Crippen LogP contribution in [0.4, 0.5) is 4.79 Å². The van der Waals surface area contributed by atoms with Gasteiger partial charge in [0.2, 0.25) is 0 Å². The third-order valence-corrected chi connectivity index (χ3v) is 3.25. The van der Waals surface area contributed by atoms with E-state index in [0.717, 1.165) is 32.4 Å². The number of rotatable bonds is 6. The normalized spacial score (nSPS) is 20.8. The van der Waals surface area contributed by atoms with Gasteiger partial charge in [-0.05, 0) is 18.8 Å². The third-order valence-electron chi connectivity index (χ3n) is 3.25. The Bertz CT molecular complexity index is 296. The van der Waals surface area contributed by atoms with Crippen LogP contribution in [0.25, 0.3) is 0 Å². The second-order valence-electron chi connectivity index (χ2n) is 4.76. The van der Waals surface area contributed by atoms with E-state index in [2.05, 4.69) is 12.2 Å². The molecule has 1 saturated heterocycles. The molecule has 2 amide bonds. The number of aliphatic hydroxyl groups is 1. The molecule has 6 nitrogen and oxygen atoms in total. The SMILES string of the molecule is CCCC1CCN(C(=O)NCC[C@H](O)C(=O)O)C1. The fourth-order valence-electron chi connectivity index (χ4n) is 2.21. The molecule has 0 spiro atoms. The van der Waals surface area contributed by atoms with Crippen molar-refractivity contribution in [2.45, 2.75) is 38.7 Å². The first kappa shape index (κ1) is 14.8. The number of carboxylic acids is 1. The molecule has 0 aromatic rings. The summed E-state index contributed by atoms with van der Waals surface area (Å²) >= 11 is 0. The van der Waals surface area contributed by atoms with E-state index in [1.807, 2.05) is 0 Å². The number of hydrogen-bond acceptors (Lipinski definition) is 3. The van der Waals surface area contributed by atoms with Crippen LogP contribution in [-0.4, -0.2) is 52.9 Å². The van der Waals surface area contributed by atoms with Gasteiger partial charge in [0, 0.05) is 26.1 Å². The number of nitrogens with one attached hydrogen (secondary N) is 1. The van der Waals surface area contributed by atoms with Crippen LogP contribution in [0.15, 0.2) is 0 Å². The van der Waals surface area contributed by atoms with Crippen LogP contribution < -0.4 is 5.32 Å². The molecule has 0 radical (unpaired) electrons. The van der Waals surface area contributed by atoms with Crippen LogP contribution >= 0.6 is 0 Å². The summed E-state index contributed by atoms with van der Waals surface area (Å²) in [5.74, 6) is -0.668. The highest BCUT2D eigenvalue weighted by Gasteiger charge is 2.25. The summed E-state index contributed by atoms with van der Waals surface area (Å²) in [6.45, 7) is 3.86. The van der Waals surface area contributed by atoms with Crippen molar-refractivity contribution in [2.24, 2.45) is 5.92 Å². The number of likely N-dealkylation sites (tertiary alicyclic amines) is 1. The molecular weight excluding hydrogens is 236 g/mol. The van der Waals surface area contributed by atoms with Crippen LogP contribution in [0, 0.1) is 5.92 Å². The lowest BCUT2D eigenvalue weighted by Gasteiger charge is -2.17. The van der Waals surface area contributed by atoms with Crippen LogP contribution in [-0.2, 0) is 4.79 Å². The van der Waals surface area contributed by atoms with E-state index >= 15 is 0 Å². The number of aliphatic hydroxyl groups excluding tert-OH is 1. The van der Waals surface area contributed by atoms with Crippen molar-refractivity contribution in [3.63, 3.8) is 0 Å². The first-order valence-corrected chi connectivity index (χ1v) is 6.48. The van der Waals surface area contributed by atoms with Gasteiger partial charge >= 0.3 is 12.0 Å². The topological polar surface area (TPSA) is 89.9 Å². The van der Waals surface area contributed by atoms with Crippen molar-refractivity contribution in [2.75, 3.05) is 19.6 Å². The molecule has 1 unspecified atom stereocenters. The molecule has 18 heavy (non-hydrogen) atoms. The van der Waals surface area contributed by atoms with Gasteiger partial charge in [0.05, 0.1) is 0 Å². The quantitative estimate of drug-likeness (QED) is 0.652. The Hall–Kier alpha value is -1.30. The molecule has 1 rings (SSSR count). The first-order chi connectivity index (χ1) is 8.54. The van der Waals surface area contributed by atoms with Crippen molar-refractivity contribution < 1.29 is 19.8 Å². The summed E-state index contributed by atoms with van der Waals surface area (Å²) in [5.41, 5.74) is 0. The Morgan fingerprint density at radius 2 is 2.22 bits per heavy atom. The average Bonchev–Trinajstić information content (AvgIpc) is 2.77. The van der Waals surface area contributed by atoms with E-state index in [1.54, 1.807) is 4.90 Å². The minimum atomic E-state index is -1.41. The smallest absolute Gasteiger partial charge is 0.332 e. The number of hydrogen-bond donors (Lipinski definition) is 3. The Morgan fingerprint density at radius 1 is 1.50 bits per heavy atom. The predicted molar refractivity (Wildman–Crippen MR) is 66.2 cm³/mol. The fourth-order valence-corrected chi connectivity index (χ4v) is 2.21. The minimum absolute atomic E-state index is 0.0350. The Labute approximate surface area is 107 Å². The molecule has 6 heteroatoms. The summed E-state index contributed by atoms with van der Waals surface area (Å²) in [6.07, 6.45) is 1.94. The van der Waals surface area contributed by atoms with E-state index in [1.165, 1.54) is 0 Å². The van der Waals surface area contributed by atoms with E-state index in [-0.39, 0.29) is 19.0 Å². The molecule has 3 N–H and O–H groups in total. The zero-order chi connectivity index (χ0) is 13.5. The average molecular weight is 258 g/mol. The molecule has 1 aliphatic rings. The Balaban J connectivity index is 2.20. The number of carbonyl (C=O) groups is 2. The second kappa shape index (κ2) is 7.20. The number of urea groups is 1. The van der Waals surface area contributed by atoms with Crippen molar-refractivity contribution in [3.8, 4) is 0 Å². The maximum Gasteiger partial charge on any atom is 0.332 e. The molecule has 1 fully saturated rings. The van der Waals surface area contributed by atoms with Crippen molar-refractivity contribution in [1.82, 2.24) is 10.2 Å². The van der Waals surface area contributed by atoms with Gasteiger partial charge in [-0.3, -0.25) is 0 Å². The van der Waals surface area contributed by atoms with Crippen molar-refractivity contribution in [1.29, 1.82) is 0 Å². The summed E-state index contributed by atoms with van der Waals surface area (Å²) in [6, 6.07) is -0.161. The molecule has 2 atom stereocenters. The first-order valence-electron chi connectivity index (χ1n) is 6.48. The lowest BCUT2D eigenvalue weighted by molar-refractivity contribution is -0.146. The van der Waals surface area contributed by atoms with Gasteiger partial charge in [-0.2, -0.15) is 0 Å². The van der Waals surface area contributed by atoms with Gasteiger partial charge in [0.1, 0.15) is 0 Å². The number of aliphatic carboxylic acids is 1. The molecule has 1 heterocycles. The lowest BCUT2D eigenvalue weighted by Crippen LogP contribution is -2.40. The monoisotopic (exact) mass is 258 g/mol. The van der Waals surface area contributed by atoms with Gasteiger partial charge in [-0.25, -0.2) is 9.59 Å². The molecule has 0 aromatic heterocycles. The molecule has 104 valence electrons. The minimum Gasteiger partial charge on any atom is -0.479 e. The number of nitrogens with zero attached hydrogens (tertiary/aromatic N) is 1. The number of amides is 2. The highest BCUT2D eigenvalue weighted by atomic mass is 16.4. The van der Waals surface area contributed by atoms with E-state index in [9.17, 15) is 9.59 Å². The second-order valence-corrected chi connectivity index (χ2v) is 4.76. The summed E-state index contributed by atoms with van der Waals surface area (Å²) in [7, 11) is 0. The molecule has 0 aliphatic carbocycles.